The number of halogens is 3. The Morgan fingerprint density at radius 1 is 1.12 bits per heavy atom. The quantitative estimate of drug-likeness (QED) is 0.266. The van der Waals surface area contributed by atoms with Crippen LogP contribution < -0.4 is 11.1 Å². The minimum atomic E-state index is -1.48. The molecule has 0 aliphatic rings. The molecular weight excluding hydrogens is 464 g/mol. The van der Waals surface area contributed by atoms with E-state index < -0.39 is 29.2 Å². The lowest BCUT2D eigenvalue weighted by Gasteiger charge is -2.19. The number of carbonyl (C=O) groups excluding carboxylic acids is 1. The molecule has 0 saturated carbocycles. The zero-order valence-corrected chi connectivity index (χ0v) is 19.3. The van der Waals surface area contributed by atoms with E-state index in [-0.39, 0.29) is 43.6 Å². The van der Waals surface area contributed by atoms with E-state index in [0.717, 1.165) is 17.7 Å². The number of nitrogens with two attached hydrogens (primary N) is 1. The third-order valence-corrected chi connectivity index (χ3v) is 5.14. The van der Waals surface area contributed by atoms with E-state index in [1.54, 1.807) is 55.5 Å². The highest BCUT2D eigenvalue weighted by molar-refractivity contribution is 5.94. The highest BCUT2D eigenvalue weighted by Crippen LogP contribution is 2.31. The van der Waals surface area contributed by atoms with Crippen molar-refractivity contribution < 1.29 is 23.4 Å². The zero-order valence-electron chi connectivity index (χ0n) is 18.5. The van der Waals surface area contributed by atoms with E-state index >= 15 is 8.78 Å². The van der Waals surface area contributed by atoms with Crippen molar-refractivity contribution in [3.05, 3.63) is 94.6 Å². The summed E-state index contributed by atoms with van der Waals surface area (Å²) >= 11 is 0. The van der Waals surface area contributed by atoms with Crippen molar-refractivity contribution in [2.24, 2.45) is 5.73 Å². The Morgan fingerprint density at radius 2 is 1.74 bits per heavy atom. The van der Waals surface area contributed by atoms with E-state index in [9.17, 15) is 9.90 Å². The number of aliphatic hydroxyl groups is 1. The van der Waals surface area contributed by atoms with Gasteiger partial charge in [-0.05, 0) is 41.3 Å². The summed E-state index contributed by atoms with van der Waals surface area (Å²) in [5.74, 6) is -2.60. The summed E-state index contributed by atoms with van der Waals surface area (Å²) in [5.41, 5.74) is 7.49. The predicted octanol–water partition coefficient (Wildman–Crippen LogP) is 4.22. The van der Waals surface area contributed by atoms with Crippen LogP contribution in [0, 0.1) is 17.0 Å². The van der Waals surface area contributed by atoms with Crippen LogP contribution in [0.15, 0.2) is 60.7 Å². The highest BCUT2D eigenvalue weighted by atomic mass is 35.5. The first-order chi connectivity index (χ1) is 15.8. The molecule has 9 heteroatoms. The van der Waals surface area contributed by atoms with E-state index in [1.165, 1.54) is 0 Å². The summed E-state index contributed by atoms with van der Waals surface area (Å²) in [5, 5.41) is 19.6. The van der Waals surface area contributed by atoms with Gasteiger partial charge in [0.2, 0.25) is 0 Å². The molecule has 0 aliphatic carbocycles. The Kier molecular flexibility index (Phi) is 9.68. The number of amidine groups is 1. The molecule has 1 amide bonds. The summed E-state index contributed by atoms with van der Waals surface area (Å²) in [6.07, 6.45) is -1.48. The second-order valence-corrected chi connectivity index (χ2v) is 7.33. The van der Waals surface area contributed by atoms with Crippen molar-refractivity contribution in [3.8, 4) is 11.1 Å². The average Bonchev–Trinajstić information content (AvgIpc) is 2.81. The molecule has 3 aromatic rings. The maximum Gasteiger partial charge on any atom is 0.254 e. The fourth-order valence-electron chi connectivity index (χ4n) is 3.47. The smallest absolute Gasteiger partial charge is 0.254 e. The molecule has 0 fully saturated rings. The van der Waals surface area contributed by atoms with Crippen LogP contribution in [-0.4, -0.2) is 23.5 Å². The highest BCUT2D eigenvalue weighted by Gasteiger charge is 2.28. The monoisotopic (exact) mass is 489 g/mol. The van der Waals surface area contributed by atoms with Gasteiger partial charge in [-0.1, -0.05) is 48.5 Å². The number of hydrogen-bond acceptors (Lipinski definition) is 4. The van der Waals surface area contributed by atoms with Crippen molar-refractivity contribution >= 4 is 24.1 Å². The number of aliphatic hydroxyl groups excluding tert-OH is 1. The summed E-state index contributed by atoms with van der Waals surface area (Å²) in [6.45, 7) is 1.52. The lowest BCUT2D eigenvalue weighted by Crippen LogP contribution is -2.31. The zero-order chi connectivity index (χ0) is 24.0. The number of carbonyl (C=O) groups is 1. The van der Waals surface area contributed by atoms with Gasteiger partial charge >= 0.3 is 0 Å². The number of nitrogens with one attached hydrogen (secondary N) is 2. The molecule has 1 unspecified atom stereocenters. The number of amides is 1. The first-order valence-corrected chi connectivity index (χ1v) is 10.4. The largest absolute Gasteiger partial charge is 0.392 e. The SMILES string of the molecule is CCOC(C(=O)NCc1ccc(C(=N)N)cc1)c1c(F)cc(-c2ccccc2CO)cc1F.Cl. The fraction of sp³-hybridized carbons (Fsp3) is 0.200. The Morgan fingerprint density at radius 3 is 2.29 bits per heavy atom. The molecule has 0 radical (unpaired) electrons. The van der Waals surface area contributed by atoms with Gasteiger partial charge in [0.05, 0.1) is 12.2 Å². The van der Waals surface area contributed by atoms with Crippen LogP contribution >= 0.6 is 12.4 Å². The lowest BCUT2D eigenvalue weighted by molar-refractivity contribution is -0.133. The number of benzene rings is 3. The molecule has 3 aromatic carbocycles. The summed E-state index contributed by atoms with van der Waals surface area (Å²) in [7, 11) is 0. The lowest BCUT2D eigenvalue weighted by atomic mass is 9.96. The maximum absolute atomic E-state index is 15.1. The standard InChI is InChI=1S/C25H25F2N3O3.ClH/c1-2-33-23(25(32)30-13-15-7-9-16(10-8-15)24(28)29)22-20(26)11-18(12-21(22)27)19-6-4-3-5-17(19)14-31;/h3-12,23,31H,2,13-14H2,1H3,(H3,28,29)(H,30,32);1H. The third kappa shape index (κ3) is 6.17. The predicted molar refractivity (Wildman–Crippen MR) is 129 cm³/mol. The van der Waals surface area contributed by atoms with Crippen LogP contribution in [0.3, 0.4) is 0 Å². The van der Waals surface area contributed by atoms with Crippen LogP contribution in [-0.2, 0) is 22.7 Å². The number of hydrogen-bond donors (Lipinski definition) is 4. The van der Waals surface area contributed by atoms with E-state index in [2.05, 4.69) is 5.32 Å². The van der Waals surface area contributed by atoms with Gasteiger partial charge in [-0.25, -0.2) is 8.78 Å². The van der Waals surface area contributed by atoms with Gasteiger partial charge in [0, 0.05) is 18.7 Å². The van der Waals surface area contributed by atoms with Gasteiger partial charge in [0.25, 0.3) is 5.91 Å². The van der Waals surface area contributed by atoms with Gasteiger partial charge in [-0.2, -0.15) is 0 Å². The van der Waals surface area contributed by atoms with Crippen molar-refractivity contribution in [3.63, 3.8) is 0 Å². The third-order valence-electron chi connectivity index (χ3n) is 5.14. The normalized spacial score (nSPS) is 11.4. The molecule has 0 spiro atoms. The van der Waals surface area contributed by atoms with E-state index in [1.807, 2.05) is 0 Å². The Bertz CT molecular complexity index is 1130. The molecule has 3 rings (SSSR count). The first-order valence-electron chi connectivity index (χ1n) is 10.4. The van der Waals surface area contributed by atoms with Crippen molar-refractivity contribution in [2.75, 3.05) is 6.61 Å². The molecule has 5 N–H and O–H groups in total. The second-order valence-electron chi connectivity index (χ2n) is 7.33. The molecule has 0 saturated heterocycles. The second kappa shape index (κ2) is 12.2. The summed E-state index contributed by atoms with van der Waals surface area (Å²) in [6, 6.07) is 15.7. The Labute approximate surface area is 202 Å². The minimum Gasteiger partial charge on any atom is -0.392 e. The average molecular weight is 490 g/mol. The molecule has 1 atom stereocenters. The number of ether oxygens (including phenoxy) is 1. The number of rotatable bonds is 9. The van der Waals surface area contributed by atoms with Gasteiger partial charge < -0.3 is 20.9 Å². The molecule has 34 heavy (non-hydrogen) atoms. The van der Waals surface area contributed by atoms with Crippen LogP contribution in [0.2, 0.25) is 0 Å². The molecular formula is C25H26ClF2N3O3. The number of nitrogen functional groups attached to an aromatic ring is 1. The molecule has 0 bridgehead atoms. The molecule has 6 nitrogen and oxygen atoms in total. The van der Waals surface area contributed by atoms with Gasteiger partial charge in [0.1, 0.15) is 17.5 Å². The van der Waals surface area contributed by atoms with Crippen molar-refractivity contribution in [1.82, 2.24) is 5.32 Å². The Balaban J connectivity index is 0.00000408. The molecule has 0 aromatic heterocycles. The topological polar surface area (TPSA) is 108 Å². The molecule has 0 heterocycles. The summed E-state index contributed by atoms with van der Waals surface area (Å²) < 4.78 is 35.5. The van der Waals surface area contributed by atoms with Gasteiger partial charge in [-0.3, -0.25) is 10.2 Å². The Hall–Kier alpha value is -3.33. The van der Waals surface area contributed by atoms with Gasteiger partial charge in [-0.15, -0.1) is 12.4 Å². The molecule has 180 valence electrons. The maximum atomic E-state index is 15.1. The molecule has 0 aliphatic heterocycles. The summed E-state index contributed by atoms with van der Waals surface area (Å²) in [4.78, 5) is 12.8. The van der Waals surface area contributed by atoms with E-state index in [0.29, 0.717) is 16.7 Å². The fourth-order valence-corrected chi connectivity index (χ4v) is 3.47. The van der Waals surface area contributed by atoms with Gasteiger partial charge in [0.15, 0.2) is 6.10 Å². The first kappa shape index (κ1) is 26.9. The minimum absolute atomic E-state index is 0. The van der Waals surface area contributed by atoms with Crippen LogP contribution in [0.1, 0.15) is 35.3 Å². The van der Waals surface area contributed by atoms with Crippen molar-refractivity contribution in [2.45, 2.75) is 26.2 Å². The van der Waals surface area contributed by atoms with Crippen LogP contribution in [0.5, 0.6) is 0 Å². The van der Waals surface area contributed by atoms with Crippen LogP contribution in [0.4, 0.5) is 8.78 Å². The van der Waals surface area contributed by atoms with Crippen LogP contribution in [0.25, 0.3) is 11.1 Å². The van der Waals surface area contributed by atoms with E-state index in [4.69, 9.17) is 15.9 Å². The van der Waals surface area contributed by atoms with Crippen molar-refractivity contribution in [1.29, 1.82) is 5.41 Å².